The molecule has 0 saturated heterocycles. The molecule has 2 aromatic rings. The Morgan fingerprint density at radius 2 is 2.16 bits per heavy atom. The number of H-pyrrole nitrogens is 1. The van der Waals surface area contributed by atoms with E-state index in [1.807, 2.05) is 30.5 Å². The van der Waals surface area contributed by atoms with Gasteiger partial charge in [-0.25, -0.2) is 0 Å². The molecule has 0 radical (unpaired) electrons. The molecule has 1 amide bonds. The lowest BCUT2D eigenvalue weighted by Gasteiger charge is -2.24. The number of carbonyl (C=O) groups is 1. The van der Waals surface area contributed by atoms with Gasteiger partial charge in [-0.3, -0.25) is 4.79 Å². The Hall–Kier alpha value is -1.77. The summed E-state index contributed by atoms with van der Waals surface area (Å²) in [5.41, 5.74) is 1.83. The Morgan fingerprint density at radius 3 is 2.84 bits per heavy atom. The fourth-order valence-corrected chi connectivity index (χ4v) is 2.52. The summed E-state index contributed by atoms with van der Waals surface area (Å²) in [6, 6.07) is 8.41. The van der Waals surface area contributed by atoms with Crippen LogP contribution in [0, 0.1) is 5.92 Å². The van der Waals surface area contributed by atoms with Gasteiger partial charge in [0.25, 0.3) is 5.91 Å². The average Bonchev–Trinajstić information content (AvgIpc) is 3.12. The zero-order valence-corrected chi connectivity index (χ0v) is 11.5. The molecule has 1 aliphatic carbocycles. The fourth-order valence-electron chi connectivity index (χ4n) is 2.52. The van der Waals surface area contributed by atoms with E-state index in [1.54, 1.807) is 0 Å². The van der Waals surface area contributed by atoms with Crippen LogP contribution in [-0.2, 0) is 0 Å². The van der Waals surface area contributed by atoms with Crippen molar-refractivity contribution in [2.24, 2.45) is 5.92 Å². The predicted octanol–water partition coefficient (Wildman–Crippen LogP) is 3.43. The van der Waals surface area contributed by atoms with Crippen LogP contribution in [0.5, 0.6) is 0 Å². The van der Waals surface area contributed by atoms with E-state index in [-0.39, 0.29) is 5.91 Å². The molecule has 0 atom stereocenters. The minimum absolute atomic E-state index is 0.174. The molecule has 0 unspecified atom stereocenters. The van der Waals surface area contributed by atoms with Gasteiger partial charge in [-0.15, -0.1) is 0 Å². The van der Waals surface area contributed by atoms with E-state index in [9.17, 15) is 4.79 Å². The number of hydrogen-bond acceptors (Lipinski definition) is 1. The van der Waals surface area contributed by atoms with E-state index in [4.69, 9.17) is 0 Å². The zero-order chi connectivity index (χ0) is 13.4. The van der Waals surface area contributed by atoms with Gasteiger partial charge >= 0.3 is 0 Å². The van der Waals surface area contributed by atoms with Gasteiger partial charge in [-0.1, -0.05) is 19.9 Å². The van der Waals surface area contributed by atoms with Crippen molar-refractivity contribution in [3.63, 3.8) is 0 Å². The minimum atomic E-state index is 0.174. The average molecular weight is 256 g/mol. The van der Waals surface area contributed by atoms with Crippen molar-refractivity contribution >= 4 is 16.8 Å². The number of nitrogens with zero attached hydrogens (tertiary/aromatic N) is 1. The highest BCUT2D eigenvalue weighted by molar-refractivity contribution is 5.98. The molecular formula is C16H20N2O. The standard InChI is InChI=1S/C16H20N2O/c1-11(2)10-18(14-5-6-14)16(19)13-4-3-12-7-8-17-15(12)9-13/h3-4,7-9,11,14,17H,5-6,10H2,1-2H3. The second-order valence-electron chi connectivity index (χ2n) is 5.86. The van der Waals surface area contributed by atoms with Gasteiger partial charge in [-0.05, 0) is 42.3 Å². The lowest BCUT2D eigenvalue weighted by molar-refractivity contribution is 0.0722. The first kappa shape index (κ1) is 12.3. The molecular weight excluding hydrogens is 236 g/mol. The van der Waals surface area contributed by atoms with E-state index in [2.05, 4.69) is 23.7 Å². The van der Waals surface area contributed by atoms with Gasteiger partial charge in [0.2, 0.25) is 0 Å². The lowest BCUT2D eigenvalue weighted by atomic mass is 10.1. The summed E-state index contributed by atoms with van der Waals surface area (Å²) in [5, 5.41) is 1.15. The molecule has 3 nitrogen and oxygen atoms in total. The van der Waals surface area contributed by atoms with Crippen molar-refractivity contribution in [1.82, 2.24) is 9.88 Å². The first-order chi connectivity index (χ1) is 9.15. The smallest absolute Gasteiger partial charge is 0.254 e. The van der Waals surface area contributed by atoms with Gasteiger partial charge < -0.3 is 9.88 Å². The van der Waals surface area contributed by atoms with Crippen molar-refractivity contribution in [3.05, 3.63) is 36.0 Å². The van der Waals surface area contributed by atoms with Gasteiger partial charge in [-0.2, -0.15) is 0 Å². The van der Waals surface area contributed by atoms with Gasteiger partial charge in [0.15, 0.2) is 0 Å². The van der Waals surface area contributed by atoms with E-state index >= 15 is 0 Å². The number of carbonyl (C=O) groups excluding carboxylic acids is 1. The summed E-state index contributed by atoms with van der Waals surface area (Å²) >= 11 is 0. The monoisotopic (exact) mass is 256 g/mol. The van der Waals surface area contributed by atoms with Crippen LogP contribution in [0.2, 0.25) is 0 Å². The maximum atomic E-state index is 12.6. The van der Waals surface area contributed by atoms with Crippen molar-refractivity contribution in [3.8, 4) is 0 Å². The summed E-state index contributed by atoms with van der Waals surface area (Å²) in [5.74, 6) is 0.687. The third kappa shape index (κ3) is 2.50. The maximum absolute atomic E-state index is 12.6. The first-order valence-corrected chi connectivity index (χ1v) is 7.03. The Kier molecular flexibility index (Phi) is 3.05. The number of benzene rings is 1. The van der Waals surface area contributed by atoms with Crippen molar-refractivity contribution < 1.29 is 4.79 Å². The van der Waals surface area contributed by atoms with Crippen LogP contribution in [-0.4, -0.2) is 28.4 Å². The van der Waals surface area contributed by atoms with Crippen LogP contribution >= 0.6 is 0 Å². The van der Waals surface area contributed by atoms with E-state index in [0.29, 0.717) is 12.0 Å². The van der Waals surface area contributed by atoms with E-state index in [1.165, 1.54) is 0 Å². The highest BCUT2D eigenvalue weighted by Crippen LogP contribution is 2.29. The SMILES string of the molecule is CC(C)CN(C(=O)c1ccc2cc[nH]c2c1)C1CC1. The quantitative estimate of drug-likeness (QED) is 0.894. The van der Waals surface area contributed by atoms with Crippen molar-refractivity contribution in [2.75, 3.05) is 6.54 Å². The number of amides is 1. The van der Waals surface area contributed by atoms with Crippen LogP contribution in [0.3, 0.4) is 0 Å². The number of fused-ring (bicyclic) bond motifs is 1. The molecule has 0 aliphatic heterocycles. The molecule has 19 heavy (non-hydrogen) atoms. The zero-order valence-electron chi connectivity index (χ0n) is 11.5. The Bertz CT molecular complexity index is 596. The molecule has 1 saturated carbocycles. The summed E-state index contributed by atoms with van der Waals surface area (Å²) in [7, 11) is 0. The highest BCUT2D eigenvalue weighted by atomic mass is 16.2. The van der Waals surface area contributed by atoms with Crippen molar-refractivity contribution in [2.45, 2.75) is 32.7 Å². The largest absolute Gasteiger partial charge is 0.361 e. The molecule has 0 bridgehead atoms. The number of rotatable bonds is 4. The minimum Gasteiger partial charge on any atom is -0.361 e. The number of aromatic amines is 1. The Morgan fingerprint density at radius 1 is 1.37 bits per heavy atom. The van der Waals surface area contributed by atoms with E-state index < -0.39 is 0 Å². The van der Waals surface area contributed by atoms with Crippen LogP contribution in [0.25, 0.3) is 10.9 Å². The third-order valence-corrected chi connectivity index (χ3v) is 3.61. The molecule has 1 N–H and O–H groups in total. The Labute approximate surface area is 113 Å². The summed E-state index contributed by atoms with van der Waals surface area (Å²) < 4.78 is 0. The third-order valence-electron chi connectivity index (χ3n) is 3.61. The fraction of sp³-hybridized carbons (Fsp3) is 0.438. The van der Waals surface area contributed by atoms with Gasteiger partial charge in [0.05, 0.1) is 0 Å². The molecule has 1 fully saturated rings. The lowest BCUT2D eigenvalue weighted by Crippen LogP contribution is -2.36. The second kappa shape index (κ2) is 4.72. The summed E-state index contributed by atoms with van der Waals surface area (Å²) in [6.07, 6.45) is 4.22. The van der Waals surface area contributed by atoms with Crippen molar-refractivity contribution in [1.29, 1.82) is 0 Å². The highest BCUT2D eigenvalue weighted by Gasteiger charge is 2.33. The van der Waals surface area contributed by atoms with Gasteiger partial charge in [0.1, 0.15) is 0 Å². The molecule has 3 heteroatoms. The van der Waals surface area contributed by atoms with Crippen LogP contribution in [0.15, 0.2) is 30.5 Å². The summed E-state index contributed by atoms with van der Waals surface area (Å²) in [4.78, 5) is 17.9. The topological polar surface area (TPSA) is 36.1 Å². The molecule has 1 aromatic heterocycles. The van der Waals surface area contributed by atoms with E-state index in [0.717, 1.165) is 35.9 Å². The number of nitrogens with one attached hydrogen (secondary N) is 1. The number of hydrogen-bond donors (Lipinski definition) is 1. The first-order valence-electron chi connectivity index (χ1n) is 7.03. The van der Waals surface area contributed by atoms with Crippen LogP contribution < -0.4 is 0 Å². The molecule has 3 rings (SSSR count). The van der Waals surface area contributed by atoms with Crippen LogP contribution in [0.1, 0.15) is 37.0 Å². The Balaban J connectivity index is 1.87. The molecule has 100 valence electrons. The normalized spacial score (nSPS) is 15.1. The predicted molar refractivity (Wildman–Crippen MR) is 77.2 cm³/mol. The maximum Gasteiger partial charge on any atom is 0.254 e. The molecule has 1 aromatic carbocycles. The van der Waals surface area contributed by atoms with Gasteiger partial charge in [0, 0.05) is 29.9 Å². The molecule has 1 heterocycles. The second-order valence-corrected chi connectivity index (χ2v) is 5.86. The van der Waals surface area contributed by atoms with Crippen LogP contribution in [0.4, 0.5) is 0 Å². The summed E-state index contributed by atoms with van der Waals surface area (Å²) in [6.45, 7) is 5.18. The molecule has 1 aliphatic rings. The number of aromatic nitrogens is 1. The molecule has 0 spiro atoms.